The molecule has 8 nitrogen and oxygen atoms in total. The second kappa shape index (κ2) is 9.77. The Labute approximate surface area is 201 Å². The van der Waals surface area contributed by atoms with E-state index in [4.69, 9.17) is 11.6 Å². The lowest BCUT2D eigenvalue weighted by Crippen LogP contribution is -2.58. The molecule has 1 unspecified atom stereocenters. The Morgan fingerprint density at radius 3 is 2.62 bits per heavy atom. The summed E-state index contributed by atoms with van der Waals surface area (Å²) in [5.41, 5.74) is 1.46. The van der Waals surface area contributed by atoms with Gasteiger partial charge in [-0.1, -0.05) is 35.7 Å². The van der Waals surface area contributed by atoms with Crippen molar-refractivity contribution < 1.29 is 19.5 Å². The third-order valence-electron chi connectivity index (χ3n) is 5.89. The zero-order valence-corrected chi connectivity index (χ0v) is 19.5. The largest absolute Gasteiger partial charge is 0.371 e. The number of aliphatic hydroxyl groups excluding tert-OH is 1. The quantitative estimate of drug-likeness (QED) is 0.253. The monoisotopic (exact) mass is 478 g/mol. The number of aromatic amines is 1. The summed E-state index contributed by atoms with van der Waals surface area (Å²) >= 11 is 6.10. The molecule has 0 spiro atoms. The Hall–Kier alpha value is -3.51. The van der Waals surface area contributed by atoms with Crippen LogP contribution >= 0.6 is 11.6 Å². The molecule has 2 atom stereocenters. The van der Waals surface area contributed by atoms with Crippen LogP contribution in [0.1, 0.15) is 44.9 Å². The summed E-state index contributed by atoms with van der Waals surface area (Å²) in [7, 11) is 0. The minimum absolute atomic E-state index is 0.0401. The van der Waals surface area contributed by atoms with Crippen molar-refractivity contribution in [1.82, 2.24) is 19.8 Å². The van der Waals surface area contributed by atoms with Gasteiger partial charge in [0, 0.05) is 37.4 Å². The summed E-state index contributed by atoms with van der Waals surface area (Å²) in [6.45, 7) is 4.45. The summed E-state index contributed by atoms with van der Waals surface area (Å²) < 4.78 is 0. The number of rotatable bonds is 5. The van der Waals surface area contributed by atoms with Gasteiger partial charge in [-0.2, -0.15) is 0 Å². The molecule has 3 aromatic rings. The molecule has 3 heterocycles. The molecule has 0 aliphatic carbocycles. The summed E-state index contributed by atoms with van der Waals surface area (Å²) in [5.74, 6) is 3.89. The predicted octanol–water partition coefficient (Wildman–Crippen LogP) is 2.77. The Morgan fingerprint density at radius 1 is 1.21 bits per heavy atom. The van der Waals surface area contributed by atoms with Crippen LogP contribution < -0.4 is 0 Å². The number of H-pyrrole nitrogens is 1. The van der Waals surface area contributed by atoms with Gasteiger partial charge in [0.25, 0.3) is 5.91 Å². The van der Waals surface area contributed by atoms with Gasteiger partial charge >= 0.3 is 0 Å². The van der Waals surface area contributed by atoms with E-state index in [0.29, 0.717) is 30.7 Å². The van der Waals surface area contributed by atoms with Gasteiger partial charge in [0.05, 0.1) is 16.6 Å². The average molecular weight is 479 g/mol. The molecule has 0 radical (unpaired) electrons. The van der Waals surface area contributed by atoms with Crippen molar-refractivity contribution in [2.24, 2.45) is 0 Å². The normalized spacial score (nSPS) is 17.2. The summed E-state index contributed by atoms with van der Waals surface area (Å²) in [4.78, 5) is 48.8. The molecule has 1 aliphatic heterocycles. The minimum Gasteiger partial charge on any atom is -0.371 e. The fourth-order valence-electron chi connectivity index (χ4n) is 4.19. The number of pyridine rings is 1. The molecule has 2 aromatic heterocycles. The number of fused-ring (bicyclic) bond motifs is 1. The van der Waals surface area contributed by atoms with E-state index < -0.39 is 17.8 Å². The van der Waals surface area contributed by atoms with Gasteiger partial charge in [0.1, 0.15) is 10.7 Å². The average Bonchev–Trinajstić information content (AvgIpc) is 3.26. The van der Waals surface area contributed by atoms with Crippen LogP contribution in [0.5, 0.6) is 0 Å². The maximum Gasteiger partial charge on any atom is 0.253 e. The predicted molar refractivity (Wildman–Crippen MR) is 128 cm³/mol. The summed E-state index contributed by atoms with van der Waals surface area (Å²) in [6.07, 6.45) is -0.0337. The lowest BCUT2D eigenvalue weighted by molar-refractivity contribution is -0.0334. The Morgan fingerprint density at radius 2 is 1.94 bits per heavy atom. The van der Waals surface area contributed by atoms with Crippen molar-refractivity contribution in [3.05, 3.63) is 64.4 Å². The first kappa shape index (κ1) is 23.6. The van der Waals surface area contributed by atoms with Crippen LogP contribution in [0.25, 0.3) is 11.0 Å². The molecule has 1 aromatic carbocycles. The fourth-order valence-corrected chi connectivity index (χ4v) is 4.38. The van der Waals surface area contributed by atoms with E-state index in [9.17, 15) is 19.5 Å². The highest BCUT2D eigenvalue weighted by Crippen LogP contribution is 2.26. The highest BCUT2D eigenvalue weighted by molar-refractivity contribution is 6.31. The highest BCUT2D eigenvalue weighted by atomic mass is 35.5. The molecule has 174 valence electrons. The van der Waals surface area contributed by atoms with Crippen molar-refractivity contribution in [3.8, 4) is 11.8 Å². The number of amides is 1. The fraction of sp³-hybridized carbons (Fsp3) is 0.280. The Balaban J connectivity index is 1.54. The molecule has 1 fully saturated rings. The molecule has 0 saturated carbocycles. The standard InChI is InChI=1S/C25H23ClN4O4/c1-3-7-19(31)17-12-20(26)28-22-18(13-27-21(17)22)23(32)25(34)30-11-10-29(14-15(30)2)24(33)16-8-5-4-6-9-16/h4-6,8-9,12-13,15,25,27,34H,10-11,14H2,1-2H3/t15-,25?/m1/s1. The molecule has 1 saturated heterocycles. The summed E-state index contributed by atoms with van der Waals surface area (Å²) in [5, 5.41) is 11.0. The topological polar surface area (TPSA) is 107 Å². The Bertz CT molecular complexity index is 1330. The number of benzene rings is 1. The van der Waals surface area contributed by atoms with Crippen LogP contribution in [0.3, 0.4) is 0 Å². The van der Waals surface area contributed by atoms with Crippen LogP contribution in [0, 0.1) is 11.8 Å². The van der Waals surface area contributed by atoms with Crippen LogP contribution in [0.2, 0.25) is 5.15 Å². The van der Waals surface area contributed by atoms with Crippen molar-refractivity contribution >= 4 is 40.1 Å². The highest BCUT2D eigenvalue weighted by Gasteiger charge is 2.35. The van der Waals surface area contributed by atoms with Gasteiger partial charge in [-0.3, -0.25) is 19.3 Å². The number of piperazine rings is 1. The van der Waals surface area contributed by atoms with Crippen LogP contribution in [0.15, 0.2) is 42.6 Å². The van der Waals surface area contributed by atoms with Crippen molar-refractivity contribution in [3.63, 3.8) is 0 Å². The number of halogens is 1. The zero-order valence-electron chi connectivity index (χ0n) is 18.7. The van der Waals surface area contributed by atoms with Crippen molar-refractivity contribution in [1.29, 1.82) is 0 Å². The molecule has 9 heteroatoms. The van der Waals surface area contributed by atoms with Gasteiger partial charge < -0.3 is 15.0 Å². The van der Waals surface area contributed by atoms with Gasteiger partial charge in [0.15, 0.2) is 6.23 Å². The van der Waals surface area contributed by atoms with Crippen LogP contribution in [0.4, 0.5) is 0 Å². The molecule has 1 aliphatic rings. The maximum absolute atomic E-state index is 13.2. The maximum atomic E-state index is 13.2. The smallest absolute Gasteiger partial charge is 0.253 e. The van der Waals surface area contributed by atoms with E-state index in [2.05, 4.69) is 21.8 Å². The molecular weight excluding hydrogens is 456 g/mol. The molecule has 0 bridgehead atoms. The summed E-state index contributed by atoms with van der Waals surface area (Å²) in [6, 6.07) is 10.1. The van der Waals surface area contributed by atoms with E-state index >= 15 is 0 Å². The van der Waals surface area contributed by atoms with Gasteiger partial charge in [-0.05, 0) is 38.0 Å². The van der Waals surface area contributed by atoms with Crippen LogP contribution in [-0.2, 0) is 0 Å². The first-order chi connectivity index (χ1) is 16.3. The number of hydrogen-bond acceptors (Lipinski definition) is 6. The number of aromatic nitrogens is 2. The first-order valence-electron chi connectivity index (χ1n) is 10.8. The van der Waals surface area contributed by atoms with Gasteiger partial charge in [0.2, 0.25) is 11.6 Å². The van der Waals surface area contributed by atoms with E-state index in [1.54, 1.807) is 28.9 Å². The third kappa shape index (κ3) is 4.46. The zero-order chi connectivity index (χ0) is 24.4. The first-order valence-corrected chi connectivity index (χ1v) is 11.2. The number of nitrogens with one attached hydrogen (secondary N) is 1. The number of ketones is 2. The Kier molecular flexibility index (Phi) is 6.80. The molecule has 4 rings (SSSR count). The minimum atomic E-state index is -1.45. The van der Waals surface area contributed by atoms with Crippen molar-refractivity contribution in [2.45, 2.75) is 26.1 Å². The lowest BCUT2D eigenvalue weighted by atomic mass is 10.1. The molecule has 34 heavy (non-hydrogen) atoms. The second-order valence-corrected chi connectivity index (χ2v) is 8.45. The molecular formula is C25H23ClN4O4. The third-order valence-corrected chi connectivity index (χ3v) is 6.08. The van der Waals surface area contributed by atoms with Gasteiger partial charge in [-0.25, -0.2) is 4.98 Å². The van der Waals surface area contributed by atoms with E-state index in [1.165, 1.54) is 12.3 Å². The van der Waals surface area contributed by atoms with Crippen molar-refractivity contribution in [2.75, 3.05) is 19.6 Å². The number of carbonyl (C=O) groups excluding carboxylic acids is 3. The van der Waals surface area contributed by atoms with E-state index in [0.717, 1.165) is 0 Å². The molecule has 2 N–H and O–H groups in total. The number of carbonyl (C=O) groups is 3. The van der Waals surface area contributed by atoms with E-state index in [-0.39, 0.29) is 33.7 Å². The number of Topliss-reactive ketones (excluding diaryl/α,β-unsaturated/α-hetero) is 2. The lowest BCUT2D eigenvalue weighted by Gasteiger charge is -2.41. The number of aliphatic hydroxyl groups is 1. The van der Waals surface area contributed by atoms with E-state index in [1.807, 2.05) is 25.1 Å². The second-order valence-electron chi connectivity index (χ2n) is 8.06. The SMILES string of the molecule is CC#CC(=O)c1cc(Cl)nc2c(C(=O)C(O)N3CCN(C(=O)c4ccccc4)C[C@H]3C)c[nH]c12. The van der Waals surface area contributed by atoms with Crippen LogP contribution in [-0.4, -0.2) is 74.3 Å². The number of nitrogens with zero attached hydrogens (tertiary/aromatic N) is 3. The molecule has 1 amide bonds. The van der Waals surface area contributed by atoms with Gasteiger partial charge in [-0.15, -0.1) is 0 Å². The number of hydrogen-bond donors (Lipinski definition) is 2.